The molecule has 1 aliphatic heterocycles. The summed E-state index contributed by atoms with van der Waals surface area (Å²) in [6.07, 6.45) is 8.92. The van der Waals surface area contributed by atoms with E-state index in [1.807, 2.05) is 0 Å². The predicted molar refractivity (Wildman–Crippen MR) is 107 cm³/mol. The zero-order chi connectivity index (χ0) is 17.2. The summed E-state index contributed by atoms with van der Waals surface area (Å²) in [6, 6.07) is 4.83. The van der Waals surface area contributed by atoms with Gasteiger partial charge in [0.25, 0.3) is 0 Å². The van der Waals surface area contributed by atoms with E-state index in [4.69, 9.17) is 4.42 Å². The fraction of sp³-hybridized carbons (Fsp3) is 0.571. The molecule has 0 saturated carbocycles. The van der Waals surface area contributed by atoms with Crippen molar-refractivity contribution < 1.29 is 9.21 Å². The fourth-order valence-electron chi connectivity index (χ4n) is 4.42. The lowest BCUT2D eigenvalue weighted by Crippen LogP contribution is -2.47. The number of piperidine rings is 1. The number of rotatable bonds is 5. The Labute approximate surface area is 161 Å². The fourth-order valence-corrected chi connectivity index (χ4v) is 4.42. The van der Waals surface area contributed by atoms with Crippen molar-refractivity contribution in [2.75, 3.05) is 19.6 Å². The summed E-state index contributed by atoms with van der Waals surface area (Å²) in [5, 5.41) is 4.53. The summed E-state index contributed by atoms with van der Waals surface area (Å²) < 4.78 is 5.78. The van der Waals surface area contributed by atoms with Gasteiger partial charge in [-0.2, -0.15) is 0 Å². The van der Waals surface area contributed by atoms with Gasteiger partial charge in [0.2, 0.25) is 5.91 Å². The molecule has 1 aromatic heterocycles. The van der Waals surface area contributed by atoms with Gasteiger partial charge >= 0.3 is 0 Å². The number of hydrogen-bond donors (Lipinski definition) is 1. The Hall–Kier alpha value is -1.52. The number of halogens is 1. The number of carbonyl (C=O) groups is 1. The number of fused-ring (bicyclic) bond motifs is 2. The maximum atomic E-state index is 13.0. The van der Waals surface area contributed by atoms with E-state index >= 15 is 0 Å². The number of carbonyl (C=O) groups excluding carboxylic acids is 1. The Morgan fingerprint density at radius 3 is 2.69 bits per heavy atom. The maximum absolute atomic E-state index is 13.0. The lowest BCUT2D eigenvalue weighted by Gasteiger charge is -2.34. The second-order valence-corrected chi connectivity index (χ2v) is 7.48. The maximum Gasteiger partial charge on any atom is 0.227 e. The first-order valence-electron chi connectivity index (χ1n) is 9.78. The Morgan fingerprint density at radius 2 is 1.96 bits per heavy atom. The zero-order valence-corrected chi connectivity index (χ0v) is 16.4. The van der Waals surface area contributed by atoms with Crippen LogP contribution in [0.25, 0.3) is 11.0 Å². The van der Waals surface area contributed by atoms with Crippen molar-refractivity contribution in [1.29, 1.82) is 0 Å². The number of amides is 1. The largest absolute Gasteiger partial charge is 0.464 e. The molecule has 2 aromatic rings. The quantitative estimate of drug-likeness (QED) is 0.861. The van der Waals surface area contributed by atoms with E-state index in [0.29, 0.717) is 12.5 Å². The second-order valence-electron chi connectivity index (χ2n) is 7.48. The van der Waals surface area contributed by atoms with E-state index in [1.54, 1.807) is 6.26 Å². The molecule has 142 valence electrons. The number of benzene rings is 1. The van der Waals surface area contributed by atoms with Crippen LogP contribution in [0.5, 0.6) is 0 Å². The monoisotopic (exact) mass is 376 g/mol. The van der Waals surface area contributed by atoms with Crippen LogP contribution in [0.4, 0.5) is 0 Å². The first kappa shape index (κ1) is 19.2. The summed E-state index contributed by atoms with van der Waals surface area (Å²) in [5.41, 5.74) is 4.84. The van der Waals surface area contributed by atoms with Crippen LogP contribution in [-0.4, -0.2) is 36.5 Å². The van der Waals surface area contributed by atoms with Crippen LogP contribution in [0, 0.1) is 0 Å². The van der Waals surface area contributed by atoms with Crippen LogP contribution in [0.15, 0.2) is 22.8 Å². The molecule has 0 atom stereocenters. The summed E-state index contributed by atoms with van der Waals surface area (Å²) in [7, 11) is 0. The molecular formula is C21H29ClN2O2. The molecule has 4 nitrogen and oxygen atoms in total. The van der Waals surface area contributed by atoms with Gasteiger partial charge < -0.3 is 14.6 Å². The molecule has 0 radical (unpaired) electrons. The molecule has 1 aromatic carbocycles. The molecule has 26 heavy (non-hydrogen) atoms. The summed E-state index contributed by atoms with van der Waals surface area (Å²) >= 11 is 0. The van der Waals surface area contributed by atoms with Crippen molar-refractivity contribution in [2.24, 2.45) is 0 Å². The molecule has 4 rings (SSSR count). The van der Waals surface area contributed by atoms with E-state index in [0.717, 1.165) is 68.3 Å². The van der Waals surface area contributed by atoms with Gasteiger partial charge in [-0.05, 0) is 74.9 Å². The van der Waals surface area contributed by atoms with Gasteiger partial charge in [-0.1, -0.05) is 6.92 Å². The highest BCUT2D eigenvalue weighted by Crippen LogP contribution is 2.31. The Kier molecular flexibility index (Phi) is 6.25. The van der Waals surface area contributed by atoms with Gasteiger partial charge in [-0.3, -0.25) is 4.79 Å². The topological polar surface area (TPSA) is 45.5 Å². The lowest BCUT2D eigenvalue weighted by atomic mass is 10.0. The van der Waals surface area contributed by atoms with Crippen LogP contribution in [0.2, 0.25) is 0 Å². The average Bonchev–Trinajstić information content (AvgIpc) is 3.25. The van der Waals surface area contributed by atoms with Crippen LogP contribution in [0.1, 0.15) is 49.3 Å². The Morgan fingerprint density at radius 1 is 1.23 bits per heavy atom. The number of furan rings is 1. The van der Waals surface area contributed by atoms with Crippen molar-refractivity contribution in [1.82, 2.24) is 10.2 Å². The van der Waals surface area contributed by atoms with Crippen LogP contribution in [0.3, 0.4) is 0 Å². The molecule has 1 amide bonds. The van der Waals surface area contributed by atoms with E-state index in [-0.39, 0.29) is 18.3 Å². The van der Waals surface area contributed by atoms with Gasteiger partial charge in [-0.15, -0.1) is 12.4 Å². The SMILES string of the molecule is CCCN(C(=O)Cc1coc2cc3c(cc12)CCC3)C1CCNCC1.Cl. The van der Waals surface area contributed by atoms with Crippen molar-refractivity contribution in [3.8, 4) is 0 Å². The Bertz CT molecular complexity index is 765. The summed E-state index contributed by atoms with van der Waals surface area (Å²) in [4.78, 5) is 15.2. The van der Waals surface area contributed by atoms with Crippen LogP contribution < -0.4 is 5.32 Å². The van der Waals surface area contributed by atoms with Gasteiger partial charge in [0.1, 0.15) is 5.58 Å². The van der Waals surface area contributed by atoms with Gasteiger partial charge in [0, 0.05) is 23.5 Å². The highest BCUT2D eigenvalue weighted by atomic mass is 35.5. The van der Waals surface area contributed by atoms with Gasteiger partial charge in [0.15, 0.2) is 0 Å². The number of nitrogens with zero attached hydrogens (tertiary/aromatic N) is 1. The first-order valence-corrected chi connectivity index (χ1v) is 9.78. The second kappa shape index (κ2) is 8.45. The molecule has 0 bridgehead atoms. The lowest BCUT2D eigenvalue weighted by molar-refractivity contribution is -0.133. The Balaban J connectivity index is 0.00000196. The third-order valence-electron chi connectivity index (χ3n) is 5.74. The molecule has 2 aliphatic rings. The molecule has 5 heteroatoms. The minimum absolute atomic E-state index is 0. The predicted octanol–water partition coefficient (Wildman–Crippen LogP) is 3.88. The normalized spacial score (nSPS) is 17.1. The molecular weight excluding hydrogens is 348 g/mol. The number of nitrogens with one attached hydrogen (secondary N) is 1. The van der Waals surface area contributed by atoms with E-state index < -0.39 is 0 Å². The molecule has 2 heterocycles. The average molecular weight is 377 g/mol. The number of hydrogen-bond acceptors (Lipinski definition) is 3. The van der Waals surface area contributed by atoms with E-state index in [1.165, 1.54) is 17.5 Å². The van der Waals surface area contributed by atoms with E-state index in [2.05, 4.69) is 29.3 Å². The van der Waals surface area contributed by atoms with Crippen LogP contribution >= 0.6 is 12.4 Å². The third kappa shape index (κ3) is 3.77. The highest BCUT2D eigenvalue weighted by molar-refractivity contribution is 5.88. The highest BCUT2D eigenvalue weighted by Gasteiger charge is 2.25. The van der Waals surface area contributed by atoms with Crippen molar-refractivity contribution in [3.05, 3.63) is 35.1 Å². The molecule has 1 aliphatic carbocycles. The van der Waals surface area contributed by atoms with Gasteiger partial charge in [-0.25, -0.2) is 0 Å². The van der Waals surface area contributed by atoms with Crippen molar-refractivity contribution in [3.63, 3.8) is 0 Å². The molecule has 1 saturated heterocycles. The van der Waals surface area contributed by atoms with E-state index in [9.17, 15) is 4.79 Å². The van der Waals surface area contributed by atoms with Crippen molar-refractivity contribution in [2.45, 2.75) is 57.9 Å². The molecule has 1 N–H and O–H groups in total. The smallest absolute Gasteiger partial charge is 0.227 e. The summed E-state index contributed by atoms with van der Waals surface area (Å²) in [6.45, 7) is 5.03. The summed E-state index contributed by atoms with van der Waals surface area (Å²) in [5.74, 6) is 0.247. The number of aryl methyl sites for hydroxylation is 2. The van der Waals surface area contributed by atoms with Crippen molar-refractivity contribution >= 4 is 29.3 Å². The molecule has 0 spiro atoms. The molecule has 0 unspecified atom stereocenters. The standard InChI is InChI=1S/C21H28N2O2.ClH/c1-2-10-23(18-6-8-22-9-7-18)21(24)13-17-14-25-20-12-16-5-3-4-15(16)11-19(17)20;/h11-12,14,18,22H,2-10,13H2,1H3;1H. The van der Waals surface area contributed by atoms with Crippen LogP contribution in [-0.2, 0) is 24.1 Å². The first-order chi connectivity index (χ1) is 12.3. The third-order valence-corrected chi connectivity index (χ3v) is 5.74. The minimum Gasteiger partial charge on any atom is -0.464 e. The minimum atomic E-state index is 0. The zero-order valence-electron chi connectivity index (χ0n) is 15.6. The van der Waals surface area contributed by atoms with Gasteiger partial charge in [0.05, 0.1) is 12.7 Å². The molecule has 1 fully saturated rings.